The zero-order valence-corrected chi connectivity index (χ0v) is 10.1. The Balaban J connectivity index is 1.98. The number of rotatable bonds is 1. The summed E-state index contributed by atoms with van der Waals surface area (Å²) < 4.78 is 2.17. The smallest absolute Gasteiger partial charge is 0.150 e. The summed E-state index contributed by atoms with van der Waals surface area (Å²) >= 11 is 6.18. The first-order chi connectivity index (χ1) is 7.75. The number of imidazole rings is 1. The van der Waals surface area contributed by atoms with Crippen LogP contribution in [0.25, 0.3) is 0 Å². The number of hydrogen-bond donors (Lipinski definition) is 1. The predicted molar refractivity (Wildman–Crippen MR) is 62.8 cm³/mol. The van der Waals surface area contributed by atoms with E-state index in [1.807, 2.05) is 0 Å². The van der Waals surface area contributed by atoms with Crippen molar-refractivity contribution >= 4 is 11.6 Å². The van der Waals surface area contributed by atoms with E-state index >= 15 is 0 Å². The zero-order valence-electron chi connectivity index (χ0n) is 9.32. The highest BCUT2D eigenvalue weighted by Crippen LogP contribution is 2.36. The van der Waals surface area contributed by atoms with Gasteiger partial charge >= 0.3 is 0 Å². The first-order valence-corrected chi connectivity index (χ1v) is 6.56. The Morgan fingerprint density at radius 2 is 2.00 bits per heavy atom. The molecule has 1 unspecified atom stereocenters. The molecular weight excluding hydrogens is 224 g/mol. The number of aliphatic hydroxyl groups excluding tert-OH is 1. The lowest BCUT2D eigenvalue weighted by Gasteiger charge is -2.23. The molecule has 88 valence electrons. The van der Waals surface area contributed by atoms with E-state index in [4.69, 9.17) is 11.6 Å². The molecule has 1 aromatic heterocycles. The molecule has 1 N–H and O–H groups in total. The monoisotopic (exact) mass is 240 g/mol. The summed E-state index contributed by atoms with van der Waals surface area (Å²) in [6.07, 6.45) is 6.50. The molecule has 3 rings (SSSR count). The van der Waals surface area contributed by atoms with Gasteiger partial charge in [0.2, 0.25) is 0 Å². The van der Waals surface area contributed by atoms with E-state index in [0.29, 0.717) is 17.6 Å². The predicted octanol–water partition coefficient (Wildman–Crippen LogP) is 2.50. The van der Waals surface area contributed by atoms with Crippen LogP contribution < -0.4 is 0 Å². The largest absolute Gasteiger partial charge is 0.391 e. The van der Waals surface area contributed by atoms with E-state index in [1.165, 1.54) is 25.7 Å². The fraction of sp³-hybridized carbons (Fsp3) is 0.750. The molecule has 2 aliphatic rings. The summed E-state index contributed by atoms with van der Waals surface area (Å²) in [6, 6.07) is 0. The quantitative estimate of drug-likeness (QED) is 0.819. The molecule has 1 aromatic rings. The van der Waals surface area contributed by atoms with Gasteiger partial charge in [0.05, 0.1) is 18.3 Å². The number of aromatic nitrogens is 2. The first-order valence-electron chi connectivity index (χ1n) is 6.18. The number of aliphatic hydroxyl groups is 1. The van der Waals surface area contributed by atoms with Gasteiger partial charge in [0.1, 0.15) is 5.82 Å². The highest BCUT2D eigenvalue weighted by atomic mass is 35.5. The van der Waals surface area contributed by atoms with Gasteiger partial charge in [-0.1, -0.05) is 24.4 Å². The standard InChI is InChI=1S/C12H17ClN2O/c13-11-10-6-5-9(16)7-15(10)12(14-11)8-3-1-2-4-8/h8-9,16H,1-7H2. The van der Waals surface area contributed by atoms with Crippen LogP contribution in [0, 0.1) is 0 Å². The van der Waals surface area contributed by atoms with Crippen molar-refractivity contribution in [3.05, 3.63) is 16.7 Å². The van der Waals surface area contributed by atoms with Crippen LogP contribution in [-0.4, -0.2) is 20.8 Å². The number of nitrogens with zero attached hydrogens (tertiary/aromatic N) is 2. The lowest BCUT2D eigenvalue weighted by Crippen LogP contribution is -2.25. The van der Waals surface area contributed by atoms with Crippen LogP contribution in [0.3, 0.4) is 0 Å². The Bertz CT molecular complexity index is 396. The van der Waals surface area contributed by atoms with Crippen LogP contribution in [0.15, 0.2) is 0 Å². The van der Waals surface area contributed by atoms with E-state index in [-0.39, 0.29) is 6.10 Å². The van der Waals surface area contributed by atoms with Gasteiger partial charge in [-0.2, -0.15) is 0 Å². The van der Waals surface area contributed by atoms with Crippen molar-refractivity contribution in [1.29, 1.82) is 0 Å². The summed E-state index contributed by atoms with van der Waals surface area (Å²) in [5.41, 5.74) is 1.13. The molecule has 16 heavy (non-hydrogen) atoms. The van der Waals surface area contributed by atoms with Gasteiger partial charge < -0.3 is 9.67 Å². The third kappa shape index (κ3) is 1.66. The van der Waals surface area contributed by atoms with E-state index < -0.39 is 0 Å². The maximum atomic E-state index is 9.74. The van der Waals surface area contributed by atoms with Crippen LogP contribution in [0.5, 0.6) is 0 Å². The highest BCUT2D eigenvalue weighted by molar-refractivity contribution is 6.30. The van der Waals surface area contributed by atoms with Crippen LogP contribution in [-0.2, 0) is 13.0 Å². The maximum Gasteiger partial charge on any atom is 0.150 e. The highest BCUT2D eigenvalue weighted by Gasteiger charge is 2.28. The fourth-order valence-electron chi connectivity index (χ4n) is 3.02. The first kappa shape index (κ1) is 10.6. The van der Waals surface area contributed by atoms with E-state index in [1.54, 1.807) is 0 Å². The molecular formula is C12H17ClN2O. The Kier molecular flexibility index (Phi) is 2.68. The molecule has 0 amide bonds. The lowest BCUT2D eigenvalue weighted by molar-refractivity contribution is 0.129. The van der Waals surface area contributed by atoms with E-state index in [0.717, 1.165) is 24.4 Å². The van der Waals surface area contributed by atoms with Crippen molar-refractivity contribution in [2.24, 2.45) is 0 Å². The minimum atomic E-state index is -0.224. The normalized spacial score (nSPS) is 26.0. The van der Waals surface area contributed by atoms with Crippen LogP contribution in [0.2, 0.25) is 5.15 Å². The summed E-state index contributed by atoms with van der Waals surface area (Å²) in [5.74, 6) is 1.69. The molecule has 0 spiro atoms. The zero-order chi connectivity index (χ0) is 11.1. The minimum Gasteiger partial charge on any atom is -0.391 e. The summed E-state index contributed by atoms with van der Waals surface area (Å²) in [7, 11) is 0. The second-order valence-electron chi connectivity index (χ2n) is 4.99. The van der Waals surface area contributed by atoms with Crippen molar-refractivity contribution in [3.8, 4) is 0 Å². The van der Waals surface area contributed by atoms with Crippen molar-refractivity contribution in [3.63, 3.8) is 0 Å². The third-order valence-electron chi connectivity index (χ3n) is 3.88. The molecule has 0 radical (unpaired) electrons. The second kappa shape index (κ2) is 4.04. The molecule has 0 bridgehead atoms. The molecule has 1 atom stereocenters. The Labute approximate surface area is 100 Å². The molecule has 0 aromatic carbocycles. The van der Waals surface area contributed by atoms with Crippen molar-refractivity contribution in [2.45, 2.75) is 57.1 Å². The van der Waals surface area contributed by atoms with Crippen molar-refractivity contribution in [2.75, 3.05) is 0 Å². The second-order valence-corrected chi connectivity index (χ2v) is 5.35. The van der Waals surface area contributed by atoms with Crippen molar-refractivity contribution in [1.82, 2.24) is 9.55 Å². The molecule has 1 aliphatic heterocycles. The SMILES string of the molecule is OC1CCc2c(Cl)nc(C3CCCC3)n2C1. The van der Waals surface area contributed by atoms with Crippen molar-refractivity contribution < 1.29 is 5.11 Å². The Morgan fingerprint density at radius 1 is 1.25 bits per heavy atom. The average molecular weight is 241 g/mol. The fourth-order valence-corrected chi connectivity index (χ4v) is 3.30. The van der Waals surface area contributed by atoms with E-state index in [9.17, 15) is 5.11 Å². The minimum absolute atomic E-state index is 0.224. The van der Waals surface area contributed by atoms with E-state index in [2.05, 4.69) is 9.55 Å². The number of halogens is 1. The number of fused-ring (bicyclic) bond motifs is 1. The molecule has 1 aliphatic carbocycles. The third-order valence-corrected chi connectivity index (χ3v) is 4.18. The van der Waals surface area contributed by atoms with Gasteiger partial charge in [-0.15, -0.1) is 0 Å². The van der Waals surface area contributed by atoms with Crippen LogP contribution >= 0.6 is 11.6 Å². The molecule has 1 fully saturated rings. The molecule has 1 saturated carbocycles. The molecule has 2 heterocycles. The van der Waals surface area contributed by atoms with Gasteiger partial charge in [-0.05, 0) is 25.7 Å². The summed E-state index contributed by atoms with van der Waals surface area (Å²) in [5, 5.41) is 10.4. The molecule has 4 heteroatoms. The van der Waals surface area contributed by atoms with Crippen LogP contribution in [0.1, 0.15) is 49.5 Å². The lowest BCUT2D eigenvalue weighted by atomic mass is 10.1. The van der Waals surface area contributed by atoms with Gasteiger partial charge in [0.25, 0.3) is 0 Å². The summed E-state index contributed by atoms with van der Waals surface area (Å²) in [4.78, 5) is 4.53. The van der Waals surface area contributed by atoms with Gasteiger partial charge in [0, 0.05) is 5.92 Å². The topological polar surface area (TPSA) is 38.1 Å². The molecule has 3 nitrogen and oxygen atoms in total. The average Bonchev–Trinajstić information content (AvgIpc) is 2.86. The maximum absolute atomic E-state index is 9.74. The Morgan fingerprint density at radius 3 is 2.75 bits per heavy atom. The number of hydrogen-bond acceptors (Lipinski definition) is 2. The Hall–Kier alpha value is -0.540. The van der Waals surface area contributed by atoms with Gasteiger partial charge in [-0.25, -0.2) is 4.98 Å². The summed E-state index contributed by atoms with van der Waals surface area (Å²) in [6.45, 7) is 0.681. The van der Waals surface area contributed by atoms with Gasteiger partial charge in [0.15, 0.2) is 5.15 Å². The molecule has 0 saturated heterocycles. The van der Waals surface area contributed by atoms with Crippen LogP contribution in [0.4, 0.5) is 0 Å². The van der Waals surface area contributed by atoms with Gasteiger partial charge in [-0.3, -0.25) is 0 Å².